The Bertz CT molecular complexity index is 1050. The summed E-state index contributed by atoms with van der Waals surface area (Å²) in [6, 6.07) is 1.52. The number of ether oxygens (including phenoxy) is 1. The third-order valence-corrected chi connectivity index (χ3v) is 8.40. The maximum Gasteiger partial charge on any atom is 0.341 e. The van der Waals surface area contributed by atoms with E-state index in [4.69, 9.17) is 4.74 Å². The highest BCUT2D eigenvalue weighted by molar-refractivity contribution is 5.88. The Kier molecular flexibility index (Phi) is 5.88. The molecule has 1 N–H and O–H groups in total. The Morgan fingerprint density at radius 3 is 2.45 bits per heavy atom. The van der Waals surface area contributed by atoms with Crippen LogP contribution in [0.25, 0.3) is 5.57 Å². The number of hydrogen-bond acceptors (Lipinski definition) is 3. The number of allylic oxidation sites excluding steroid dienone is 2. The van der Waals surface area contributed by atoms with Crippen LogP contribution in [-0.4, -0.2) is 27.9 Å². The summed E-state index contributed by atoms with van der Waals surface area (Å²) in [5.41, 5.74) is 2.28. The maximum atomic E-state index is 12.4. The van der Waals surface area contributed by atoms with Crippen LogP contribution >= 0.6 is 0 Å². The van der Waals surface area contributed by atoms with E-state index in [1.165, 1.54) is 50.2 Å². The number of carboxylic acids is 1. The highest BCUT2D eigenvalue weighted by atomic mass is 16.5. The zero-order chi connectivity index (χ0) is 23.2. The number of fused-ring (bicyclic) bond motifs is 4. The Morgan fingerprint density at radius 2 is 1.91 bits per heavy atom. The molecule has 6 rings (SSSR count). The number of hydrogen-bond donors (Lipinski definition) is 1. The molecule has 3 saturated carbocycles. The molecular weight excluding hydrogens is 414 g/mol. The summed E-state index contributed by atoms with van der Waals surface area (Å²) in [5, 5.41) is 9.38. The van der Waals surface area contributed by atoms with Gasteiger partial charge in [-0.05, 0) is 80.9 Å². The zero-order valence-electron chi connectivity index (χ0n) is 20.1. The van der Waals surface area contributed by atoms with Crippen LogP contribution in [0.4, 0.5) is 0 Å². The van der Waals surface area contributed by atoms with Crippen molar-refractivity contribution >= 4 is 11.5 Å². The predicted molar refractivity (Wildman–Crippen MR) is 129 cm³/mol. The Balaban J connectivity index is 0.000000332. The van der Waals surface area contributed by atoms with Gasteiger partial charge in [0.2, 0.25) is 0 Å². The van der Waals surface area contributed by atoms with Crippen LogP contribution in [0, 0.1) is 11.8 Å². The van der Waals surface area contributed by atoms with Gasteiger partial charge in [0.25, 0.3) is 0 Å². The van der Waals surface area contributed by atoms with E-state index in [1.807, 2.05) is 0 Å². The second-order valence-electron chi connectivity index (χ2n) is 11.3. The van der Waals surface area contributed by atoms with Crippen molar-refractivity contribution in [2.45, 2.75) is 95.6 Å². The van der Waals surface area contributed by atoms with Crippen LogP contribution in [0.1, 0.15) is 101 Å². The van der Waals surface area contributed by atoms with Crippen molar-refractivity contribution in [1.82, 2.24) is 4.57 Å². The Hall–Kier alpha value is -2.14. The van der Waals surface area contributed by atoms with Crippen LogP contribution in [0.2, 0.25) is 0 Å². The topological polar surface area (TPSA) is 68.5 Å². The molecule has 33 heavy (non-hydrogen) atoms. The first-order valence-electron chi connectivity index (χ1n) is 12.9. The van der Waals surface area contributed by atoms with Crippen LogP contribution < -0.4 is 5.43 Å². The van der Waals surface area contributed by atoms with Crippen molar-refractivity contribution in [2.24, 2.45) is 11.8 Å². The van der Waals surface area contributed by atoms with E-state index in [0.717, 1.165) is 61.8 Å². The molecule has 4 aliphatic carbocycles. The lowest BCUT2D eigenvalue weighted by atomic mass is 9.67. The molecule has 0 amide bonds. The smallest absolute Gasteiger partial charge is 0.341 e. The third kappa shape index (κ3) is 4.49. The lowest BCUT2D eigenvalue weighted by Gasteiger charge is -2.50. The van der Waals surface area contributed by atoms with Crippen LogP contribution in [-0.2, 0) is 10.3 Å². The molecule has 1 aromatic heterocycles. The van der Waals surface area contributed by atoms with Crippen LogP contribution in [0.3, 0.4) is 0 Å². The normalized spacial score (nSPS) is 27.5. The molecule has 0 bridgehead atoms. The molecule has 1 aromatic rings. The summed E-state index contributed by atoms with van der Waals surface area (Å²) in [6.45, 7) is 5.32. The lowest BCUT2D eigenvalue weighted by Crippen LogP contribution is -2.46. The Labute approximate surface area is 196 Å². The number of pyridine rings is 1. The van der Waals surface area contributed by atoms with E-state index in [9.17, 15) is 14.7 Å². The van der Waals surface area contributed by atoms with Crippen LogP contribution in [0.15, 0.2) is 34.8 Å². The van der Waals surface area contributed by atoms with Gasteiger partial charge in [-0.1, -0.05) is 38.7 Å². The fraction of sp³-hybridized carbons (Fsp3) is 0.643. The summed E-state index contributed by atoms with van der Waals surface area (Å²) >= 11 is 0. The summed E-state index contributed by atoms with van der Waals surface area (Å²) in [7, 11) is 0. The molecule has 1 spiro atoms. The minimum absolute atomic E-state index is 0.0921. The molecule has 1 aliphatic heterocycles. The van der Waals surface area contributed by atoms with Gasteiger partial charge in [-0.2, -0.15) is 0 Å². The number of aromatic nitrogens is 1. The first-order valence-corrected chi connectivity index (χ1v) is 12.9. The van der Waals surface area contributed by atoms with Gasteiger partial charge in [-0.3, -0.25) is 4.79 Å². The number of carbonyl (C=O) groups is 1. The monoisotopic (exact) mass is 451 g/mol. The quantitative estimate of drug-likeness (QED) is 0.616. The van der Waals surface area contributed by atoms with Crippen molar-refractivity contribution in [2.75, 3.05) is 6.61 Å². The zero-order valence-corrected chi connectivity index (χ0v) is 20.1. The van der Waals surface area contributed by atoms with E-state index in [1.54, 1.807) is 6.20 Å². The summed E-state index contributed by atoms with van der Waals surface area (Å²) in [5.74, 6) is 0.624. The molecule has 5 nitrogen and oxygen atoms in total. The molecular formula is C28H37NO4. The third-order valence-electron chi connectivity index (χ3n) is 8.40. The molecule has 0 radical (unpaired) electrons. The van der Waals surface area contributed by atoms with Crippen molar-refractivity contribution in [3.63, 3.8) is 0 Å². The second-order valence-corrected chi connectivity index (χ2v) is 11.3. The van der Waals surface area contributed by atoms with Crippen molar-refractivity contribution < 1.29 is 14.6 Å². The van der Waals surface area contributed by atoms with Gasteiger partial charge in [0.05, 0.1) is 17.9 Å². The van der Waals surface area contributed by atoms with E-state index in [-0.39, 0.29) is 16.7 Å². The van der Waals surface area contributed by atoms with Gasteiger partial charge < -0.3 is 14.4 Å². The fourth-order valence-corrected chi connectivity index (χ4v) is 5.92. The SMILES string of the molecule is CC1(OCC2CC2)C=C2CC3(CCC3)n3cc(C(=O)O)c(=O)cc3C2=CC1.CC1CCCC1. The average Bonchev–Trinajstić information content (AvgIpc) is 3.47. The fourth-order valence-electron chi connectivity index (χ4n) is 5.92. The molecule has 3 fully saturated rings. The molecule has 5 heteroatoms. The van der Waals surface area contributed by atoms with E-state index >= 15 is 0 Å². The molecule has 2 heterocycles. The standard InChI is InChI=1S/C22H25NO4.C6H12/c1-21(27-13-14-3-4-14)8-5-16-15(10-21)11-22(6-2-7-22)23-12-17(20(25)26)19(24)9-18(16)23;1-6-4-2-3-5-6/h5,9-10,12,14H,2-4,6-8,11,13H2,1H3,(H,25,26);6H,2-5H2,1H3. The summed E-state index contributed by atoms with van der Waals surface area (Å²) in [4.78, 5) is 23.8. The highest BCUT2D eigenvalue weighted by Crippen LogP contribution is 2.53. The van der Waals surface area contributed by atoms with Gasteiger partial charge in [-0.15, -0.1) is 0 Å². The molecule has 5 aliphatic rings. The van der Waals surface area contributed by atoms with Crippen molar-refractivity contribution in [3.05, 3.63) is 51.5 Å². The van der Waals surface area contributed by atoms with E-state index < -0.39 is 11.4 Å². The second kappa shape index (κ2) is 8.57. The first-order chi connectivity index (χ1) is 15.8. The van der Waals surface area contributed by atoms with Gasteiger partial charge in [0, 0.05) is 17.8 Å². The lowest BCUT2D eigenvalue weighted by molar-refractivity contribution is -0.000403. The minimum Gasteiger partial charge on any atom is -0.477 e. The highest BCUT2D eigenvalue weighted by Gasteiger charge is 2.46. The summed E-state index contributed by atoms with van der Waals surface area (Å²) in [6.07, 6.45) is 19.4. The Morgan fingerprint density at radius 1 is 1.18 bits per heavy atom. The molecule has 178 valence electrons. The number of aromatic carboxylic acids is 1. The molecule has 0 saturated heterocycles. The van der Waals surface area contributed by atoms with Crippen molar-refractivity contribution in [1.29, 1.82) is 0 Å². The first kappa shape index (κ1) is 22.6. The van der Waals surface area contributed by atoms with E-state index in [0.29, 0.717) is 0 Å². The van der Waals surface area contributed by atoms with Crippen molar-refractivity contribution in [3.8, 4) is 0 Å². The number of rotatable bonds is 4. The van der Waals surface area contributed by atoms with Gasteiger partial charge in [0.1, 0.15) is 5.56 Å². The average molecular weight is 452 g/mol. The molecule has 0 aromatic carbocycles. The minimum atomic E-state index is -1.15. The summed E-state index contributed by atoms with van der Waals surface area (Å²) < 4.78 is 8.34. The molecule has 1 atom stereocenters. The van der Waals surface area contributed by atoms with Gasteiger partial charge in [-0.25, -0.2) is 4.79 Å². The van der Waals surface area contributed by atoms with Gasteiger partial charge in [0.15, 0.2) is 5.43 Å². The number of nitrogens with zero attached hydrogens (tertiary/aromatic N) is 1. The maximum absolute atomic E-state index is 12.4. The number of carboxylic acid groups (broad SMARTS) is 1. The van der Waals surface area contributed by atoms with Gasteiger partial charge >= 0.3 is 5.97 Å². The molecule has 1 unspecified atom stereocenters. The van der Waals surface area contributed by atoms with Crippen LogP contribution in [0.5, 0.6) is 0 Å². The predicted octanol–water partition coefficient (Wildman–Crippen LogP) is 5.92. The van der Waals surface area contributed by atoms with E-state index in [2.05, 4.69) is 30.6 Å². The largest absolute Gasteiger partial charge is 0.477 e.